The van der Waals surface area contributed by atoms with Gasteiger partial charge in [-0.05, 0) is 92.8 Å². The van der Waals surface area contributed by atoms with Crippen molar-refractivity contribution < 1.29 is 13.2 Å². The van der Waals surface area contributed by atoms with E-state index in [0.29, 0.717) is 30.1 Å². The number of alkyl halides is 3. The van der Waals surface area contributed by atoms with E-state index in [2.05, 4.69) is 20.8 Å². The third-order valence-electron chi connectivity index (χ3n) is 8.37. The molecule has 3 fully saturated rings. The third-order valence-corrected chi connectivity index (χ3v) is 8.37. The SMILES string of the molecule is CCC1(C(F)(F)F)CC(C(C)CC2CC23CCC(C(C)C)CC3)C1. The molecule has 0 bridgehead atoms. The quantitative estimate of drug-likeness (QED) is 0.493. The molecule has 0 aromatic carbocycles. The van der Waals surface area contributed by atoms with Crippen LogP contribution in [0.5, 0.6) is 0 Å². The molecule has 0 heterocycles. The fourth-order valence-electron chi connectivity index (χ4n) is 5.97. The van der Waals surface area contributed by atoms with E-state index in [0.717, 1.165) is 17.8 Å². The van der Waals surface area contributed by atoms with Gasteiger partial charge in [-0.15, -0.1) is 0 Å². The monoisotopic (exact) mass is 344 g/mol. The van der Waals surface area contributed by atoms with E-state index in [-0.39, 0.29) is 6.42 Å². The summed E-state index contributed by atoms with van der Waals surface area (Å²) in [6.07, 6.45) is 5.03. The van der Waals surface area contributed by atoms with Gasteiger partial charge in [0.15, 0.2) is 0 Å². The standard InChI is InChI=1S/C21H35F3/c1-5-20(21(22,23)24)11-17(12-20)15(4)10-18-13-19(18)8-6-16(7-9-19)14(2)3/h14-18H,5-13H2,1-4H3. The number of hydrogen-bond donors (Lipinski definition) is 0. The molecule has 3 rings (SSSR count). The van der Waals surface area contributed by atoms with Gasteiger partial charge in [0.25, 0.3) is 0 Å². The van der Waals surface area contributed by atoms with Gasteiger partial charge in [-0.1, -0.05) is 27.7 Å². The lowest BCUT2D eigenvalue weighted by atomic mass is 9.56. The highest BCUT2D eigenvalue weighted by Gasteiger charge is 2.62. The second-order valence-corrected chi connectivity index (χ2v) is 9.86. The molecule has 3 aliphatic rings. The van der Waals surface area contributed by atoms with Crippen LogP contribution >= 0.6 is 0 Å². The maximum atomic E-state index is 13.3. The first-order valence-electron chi connectivity index (χ1n) is 10.2. The maximum Gasteiger partial charge on any atom is 0.394 e. The van der Waals surface area contributed by atoms with Gasteiger partial charge in [0.2, 0.25) is 0 Å². The lowest BCUT2D eigenvalue weighted by molar-refractivity contribution is -0.269. The molecule has 0 aliphatic heterocycles. The largest absolute Gasteiger partial charge is 0.394 e. The van der Waals surface area contributed by atoms with E-state index >= 15 is 0 Å². The smallest absolute Gasteiger partial charge is 0.171 e. The summed E-state index contributed by atoms with van der Waals surface area (Å²) in [6, 6.07) is 0. The summed E-state index contributed by atoms with van der Waals surface area (Å²) >= 11 is 0. The van der Waals surface area contributed by atoms with Crippen LogP contribution in [0.25, 0.3) is 0 Å². The van der Waals surface area contributed by atoms with Gasteiger partial charge < -0.3 is 0 Å². The second-order valence-electron chi connectivity index (χ2n) is 9.86. The van der Waals surface area contributed by atoms with Gasteiger partial charge in [-0.2, -0.15) is 13.2 Å². The van der Waals surface area contributed by atoms with Gasteiger partial charge in [-0.25, -0.2) is 0 Å². The van der Waals surface area contributed by atoms with Gasteiger partial charge in [0.05, 0.1) is 5.41 Å². The van der Waals surface area contributed by atoms with Crippen LogP contribution in [0, 0.1) is 40.4 Å². The van der Waals surface area contributed by atoms with Crippen LogP contribution < -0.4 is 0 Å². The minimum atomic E-state index is -4.01. The molecule has 0 aromatic rings. The molecule has 0 amide bonds. The molecule has 3 aliphatic carbocycles. The van der Waals surface area contributed by atoms with Crippen molar-refractivity contribution in [3.63, 3.8) is 0 Å². The molecular formula is C21H35F3. The second kappa shape index (κ2) is 6.20. The Bertz CT molecular complexity index is 436. The van der Waals surface area contributed by atoms with E-state index < -0.39 is 11.6 Å². The van der Waals surface area contributed by atoms with Crippen LogP contribution in [0.15, 0.2) is 0 Å². The van der Waals surface area contributed by atoms with Crippen molar-refractivity contribution in [2.45, 2.75) is 91.7 Å². The fourth-order valence-corrected chi connectivity index (χ4v) is 5.97. The van der Waals surface area contributed by atoms with E-state index in [9.17, 15) is 13.2 Å². The lowest BCUT2D eigenvalue weighted by Gasteiger charge is -2.50. The highest BCUT2D eigenvalue weighted by molar-refractivity contribution is 5.06. The summed E-state index contributed by atoms with van der Waals surface area (Å²) in [6.45, 7) is 8.60. The zero-order valence-electron chi connectivity index (χ0n) is 15.9. The maximum absolute atomic E-state index is 13.3. The average Bonchev–Trinajstić information content (AvgIpc) is 3.08. The normalized spacial score (nSPS) is 43.8. The summed E-state index contributed by atoms with van der Waals surface area (Å²) in [4.78, 5) is 0. The molecule has 2 atom stereocenters. The molecule has 0 nitrogen and oxygen atoms in total. The van der Waals surface area contributed by atoms with Crippen molar-refractivity contribution in [3.05, 3.63) is 0 Å². The Hall–Kier alpha value is -0.210. The van der Waals surface area contributed by atoms with Crippen molar-refractivity contribution in [1.29, 1.82) is 0 Å². The zero-order valence-corrected chi connectivity index (χ0v) is 15.9. The Labute approximate surface area is 146 Å². The Kier molecular flexibility index (Phi) is 4.80. The van der Waals surface area contributed by atoms with Crippen LogP contribution in [0.3, 0.4) is 0 Å². The summed E-state index contributed by atoms with van der Waals surface area (Å²) in [5.41, 5.74) is -0.766. The Morgan fingerprint density at radius 2 is 1.54 bits per heavy atom. The summed E-state index contributed by atoms with van der Waals surface area (Å²) < 4.78 is 39.8. The Morgan fingerprint density at radius 3 is 2.00 bits per heavy atom. The molecule has 24 heavy (non-hydrogen) atoms. The minimum absolute atomic E-state index is 0.254. The average molecular weight is 345 g/mol. The first-order chi connectivity index (χ1) is 11.1. The van der Waals surface area contributed by atoms with Crippen LogP contribution in [0.4, 0.5) is 13.2 Å². The first-order valence-corrected chi connectivity index (χ1v) is 10.2. The molecule has 0 aromatic heterocycles. The predicted octanol–water partition coefficient (Wildman–Crippen LogP) is 7.23. The topological polar surface area (TPSA) is 0 Å². The Balaban J connectivity index is 1.46. The van der Waals surface area contributed by atoms with Crippen molar-refractivity contribution >= 4 is 0 Å². The molecule has 0 N–H and O–H groups in total. The van der Waals surface area contributed by atoms with Gasteiger partial charge in [0, 0.05) is 0 Å². The summed E-state index contributed by atoms with van der Waals surface area (Å²) in [5.74, 6) is 3.29. The van der Waals surface area contributed by atoms with Crippen molar-refractivity contribution in [1.82, 2.24) is 0 Å². The van der Waals surface area contributed by atoms with E-state index in [1.807, 2.05) is 0 Å². The summed E-state index contributed by atoms with van der Waals surface area (Å²) in [7, 11) is 0. The van der Waals surface area contributed by atoms with E-state index in [4.69, 9.17) is 0 Å². The summed E-state index contributed by atoms with van der Waals surface area (Å²) in [5, 5.41) is 0. The van der Waals surface area contributed by atoms with Crippen molar-refractivity contribution in [2.75, 3.05) is 0 Å². The van der Waals surface area contributed by atoms with E-state index in [1.54, 1.807) is 6.92 Å². The van der Waals surface area contributed by atoms with E-state index in [1.165, 1.54) is 38.5 Å². The highest BCUT2D eigenvalue weighted by Crippen LogP contribution is 2.66. The zero-order chi connectivity index (χ0) is 17.8. The van der Waals surface area contributed by atoms with Crippen LogP contribution in [0.1, 0.15) is 85.5 Å². The predicted molar refractivity (Wildman–Crippen MR) is 92.6 cm³/mol. The van der Waals surface area contributed by atoms with Gasteiger partial charge >= 0.3 is 6.18 Å². The molecule has 2 unspecified atom stereocenters. The van der Waals surface area contributed by atoms with Crippen LogP contribution in [-0.2, 0) is 0 Å². The molecule has 0 radical (unpaired) electrons. The number of rotatable bonds is 5. The minimum Gasteiger partial charge on any atom is -0.171 e. The van der Waals surface area contributed by atoms with Crippen LogP contribution in [-0.4, -0.2) is 6.18 Å². The van der Waals surface area contributed by atoms with Crippen molar-refractivity contribution in [3.8, 4) is 0 Å². The fraction of sp³-hybridized carbons (Fsp3) is 1.00. The molecule has 3 saturated carbocycles. The molecule has 1 spiro atoms. The molecule has 0 saturated heterocycles. The van der Waals surface area contributed by atoms with Crippen molar-refractivity contribution in [2.24, 2.45) is 40.4 Å². The molecule has 3 heteroatoms. The Morgan fingerprint density at radius 1 is 0.958 bits per heavy atom. The molecule has 140 valence electrons. The van der Waals surface area contributed by atoms with Gasteiger partial charge in [0.1, 0.15) is 0 Å². The number of halogens is 3. The first kappa shape index (κ1) is 18.6. The molecular weight excluding hydrogens is 309 g/mol. The van der Waals surface area contributed by atoms with Gasteiger partial charge in [-0.3, -0.25) is 0 Å². The third kappa shape index (κ3) is 3.14. The van der Waals surface area contributed by atoms with Crippen LogP contribution in [0.2, 0.25) is 0 Å². The highest BCUT2D eigenvalue weighted by atomic mass is 19.4. The lowest BCUT2D eigenvalue weighted by Crippen LogP contribution is -2.50. The number of hydrogen-bond acceptors (Lipinski definition) is 0.